The number of hydrogen-bond donors (Lipinski definition) is 0. The zero-order valence-electron chi connectivity index (χ0n) is 10.7. The topological polar surface area (TPSA) is 47.3 Å². The van der Waals surface area contributed by atoms with Crippen molar-refractivity contribution in [3.8, 4) is 6.07 Å². The molecule has 0 radical (unpaired) electrons. The van der Waals surface area contributed by atoms with Gasteiger partial charge in [-0.2, -0.15) is 5.26 Å². The Labute approximate surface area is 97.8 Å². The van der Waals surface area contributed by atoms with Gasteiger partial charge in [-0.15, -0.1) is 0 Å². The number of rotatable bonds is 2. The lowest BCUT2D eigenvalue weighted by Gasteiger charge is -2.40. The molecule has 1 atom stereocenters. The van der Waals surface area contributed by atoms with Crippen molar-refractivity contribution in [2.45, 2.75) is 33.7 Å². The Hall–Kier alpha value is -1.08. The van der Waals surface area contributed by atoms with Gasteiger partial charge in [-0.3, -0.25) is 9.69 Å². The van der Waals surface area contributed by atoms with Gasteiger partial charge in [0.05, 0.1) is 6.07 Å². The molecule has 90 valence electrons. The summed E-state index contributed by atoms with van der Waals surface area (Å²) in [6, 6.07) is 2.46. The predicted octanol–water partition coefficient (Wildman–Crippen LogP) is 1.09. The lowest BCUT2D eigenvalue weighted by molar-refractivity contribution is -0.140. The Bertz CT molecular complexity index is 306. The number of piperazine rings is 1. The highest BCUT2D eigenvalue weighted by Crippen LogP contribution is 2.20. The molecule has 1 amide bonds. The Balaban J connectivity index is 2.66. The summed E-state index contributed by atoms with van der Waals surface area (Å²) in [4.78, 5) is 16.2. The van der Waals surface area contributed by atoms with Gasteiger partial charge in [0.1, 0.15) is 5.41 Å². The maximum atomic E-state index is 12.1. The van der Waals surface area contributed by atoms with Crippen LogP contribution in [0.1, 0.15) is 27.7 Å². The zero-order chi connectivity index (χ0) is 12.3. The number of nitriles is 1. The van der Waals surface area contributed by atoms with Crippen LogP contribution >= 0.6 is 0 Å². The molecule has 0 N–H and O–H groups in total. The quantitative estimate of drug-likeness (QED) is 0.704. The van der Waals surface area contributed by atoms with E-state index in [-0.39, 0.29) is 5.91 Å². The van der Waals surface area contributed by atoms with Crippen LogP contribution < -0.4 is 0 Å². The molecule has 0 aromatic rings. The first-order valence-electron chi connectivity index (χ1n) is 5.87. The van der Waals surface area contributed by atoms with Gasteiger partial charge in [0.15, 0.2) is 0 Å². The van der Waals surface area contributed by atoms with E-state index in [1.165, 1.54) is 0 Å². The summed E-state index contributed by atoms with van der Waals surface area (Å²) >= 11 is 0. The molecule has 1 aliphatic heterocycles. The second kappa shape index (κ2) is 4.84. The van der Waals surface area contributed by atoms with Crippen LogP contribution in [-0.2, 0) is 4.79 Å². The van der Waals surface area contributed by atoms with Gasteiger partial charge >= 0.3 is 0 Å². The van der Waals surface area contributed by atoms with Gasteiger partial charge in [0.25, 0.3) is 0 Å². The van der Waals surface area contributed by atoms with Gasteiger partial charge < -0.3 is 4.90 Å². The molecule has 1 heterocycles. The van der Waals surface area contributed by atoms with Crippen LogP contribution in [0.3, 0.4) is 0 Å². The Morgan fingerprint density at radius 2 is 2.12 bits per heavy atom. The van der Waals surface area contributed by atoms with Gasteiger partial charge in [0.2, 0.25) is 5.91 Å². The van der Waals surface area contributed by atoms with Crippen molar-refractivity contribution in [1.29, 1.82) is 5.26 Å². The smallest absolute Gasteiger partial charge is 0.242 e. The highest BCUT2D eigenvalue weighted by Gasteiger charge is 2.35. The fourth-order valence-electron chi connectivity index (χ4n) is 2.09. The number of hydrogen-bond acceptors (Lipinski definition) is 3. The van der Waals surface area contributed by atoms with Crippen LogP contribution in [0.25, 0.3) is 0 Å². The highest BCUT2D eigenvalue weighted by molar-refractivity contribution is 5.84. The van der Waals surface area contributed by atoms with E-state index < -0.39 is 5.41 Å². The van der Waals surface area contributed by atoms with E-state index >= 15 is 0 Å². The van der Waals surface area contributed by atoms with Crippen molar-refractivity contribution in [2.75, 3.05) is 26.2 Å². The van der Waals surface area contributed by atoms with Crippen LogP contribution in [-0.4, -0.2) is 47.9 Å². The largest absolute Gasteiger partial charge is 0.338 e. The van der Waals surface area contributed by atoms with Crippen molar-refractivity contribution < 1.29 is 4.79 Å². The molecule has 0 aliphatic carbocycles. The molecule has 0 spiro atoms. The van der Waals surface area contributed by atoms with Crippen molar-refractivity contribution in [1.82, 2.24) is 9.80 Å². The minimum Gasteiger partial charge on any atom is -0.338 e. The maximum Gasteiger partial charge on any atom is 0.242 e. The lowest BCUT2D eigenvalue weighted by Crippen LogP contribution is -2.55. The molecule has 16 heavy (non-hydrogen) atoms. The molecule has 0 saturated carbocycles. The fourth-order valence-corrected chi connectivity index (χ4v) is 2.09. The summed E-state index contributed by atoms with van der Waals surface area (Å²) in [5, 5.41) is 8.95. The minimum absolute atomic E-state index is 0.0439. The first-order chi connectivity index (χ1) is 7.42. The van der Waals surface area contributed by atoms with Crippen LogP contribution in [0.2, 0.25) is 0 Å². The third kappa shape index (κ3) is 2.53. The van der Waals surface area contributed by atoms with Crippen molar-refractivity contribution in [3.05, 3.63) is 0 Å². The van der Waals surface area contributed by atoms with E-state index in [9.17, 15) is 4.79 Å². The number of carbonyl (C=O) groups excluding carboxylic acids is 1. The molecule has 1 aliphatic rings. The standard InChI is InChI=1S/C12H21N3O/c1-5-14-6-7-15(8-10(14)2)11(16)12(3,4)9-13/h10H,5-8H2,1-4H3. The fraction of sp³-hybridized carbons (Fsp3) is 0.833. The molecule has 0 aromatic carbocycles. The average molecular weight is 223 g/mol. The van der Waals surface area contributed by atoms with Crippen molar-refractivity contribution >= 4 is 5.91 Å². The monoisotopic (exact) mass is 223 g/mol. The number of carbonyl (C=O) groups is 1. The van der Waals surface area contributed by atoms with E-state index in [0.717, 1.165) is 26.2 Å². The van der Waals surface area contributed by atoms with Crippen LogP contribution in [0.4, 0.5) is 0 Å². The van der Waals surface area contributed by atoms with Crippen molar-refractivity contribution in [2.24, 2.45) is 5.41 Å². The number of amides is 1. The van der Waals surface area contributed by atoms with Gasteiger partial charge in [-0.05, 0) is 27.3 Å². The third-order valence-corrected chi connectivity index (χ3v) is 3.27. The summed E-state index contributed by atoms with van der Waals surface area (Å²) in [5.74, 6) is -0.0439. The predicted molar refractivity (Wildman–Crippen MR) is 62.7 cm³/mol. The van der Waals surface area contributed by atoms with E-state index in [1.54, 1.807) is 13.8 Å². The number of likely N-dealkylation sites (N-methyl/N-ethyl adjacent to an activating group) is 1. The molecule has 1 saturated heterocycles. The molecular formula is C12H21N3O. The second-order valence-corrected chi connectivity index (χ2v) is 4.97. The summed E-state index contributed by atoms with van der Waals surface area (Å²) in [5.41, 5.74) is -0.895. The van der Waals surface area contributed by atoms with Crippen LogP contribution in [0, 0.1) is 16.7 Å². The molecule has 0 bridgehead atoms. The molecule has 1 fully saturated rings. The Morgan fingerprint density at radius 3 is 2.56 bits per heavy atom. The van der Waals surface area contributed by atoms with E-state index in [4.69, 9.17) is 5.26 Å². The molecule has 4 heteroatoms. The highest BCUT2D eigenvalue weighted by atomic mass is 16.2. The molecule has 1 rings (SSSR count). The molecule has 4 nitrogen and oxygen atoms in total. The molecule has 1 unspecified atom stereocenters. The summed E-state index contributed by atoms with van der Waals surface area (Å²) in [6.07, 6.45) is 0. The maximum absolute atomic E-state index is 12.1. The summed E-state index contributed by atoms with van der Waals surface area (Å²) in [7, 11) is 0. The van der Waals surface area contributed by atoms with Crippen LogP contribution in [0.15, 0.2) is 0 Å². The summed E-state index contributed by atoms with van der Waals surface area (Å²) in [6.45, 7) is 11.0. The number of nitrogens with zero attached hydrogens (tertiary/aromatic N) is 3. The van der Waals surface area contributed by atoms with E-state index in [2.05, 4.69) is 24.8 Å². The third-order valence-electron chi connectivity index (χ3n) is 3.27. The van der Waals surface area contributed by atoms with Crippen molar-refractivity contribution in [3.63, 3.8) is 0 Å². The van der Waals surface area contributed by atoms with Gasteiger partial charge in [-0.25, -0.2) is 0 Å². The molecular weight excluding hydrogens is 202 g/mol. The first-order valence-corrected chi connectivity index (χ1v) is 5.87. The first kappa shape index (κ1) is 13.0. The van der Waals surface area contributed by atoms with Gasteiger partial charge in [-0.1, -0.05) is 6.92 Å². The van der Waals surface area contributed by atoms with Crippen LogP contribution in [0.5, 0.6) is 0 Å². The van der Waals surface area contributed by atoms with Gasteiger partial charge in [0, 0.05) is 25.7 Å². The van der Waals surface area contributed by atoms with E-state index in [1.807, 2.05) is 4.90 Å². The lowest BCUT2D eigenvalue weighted by atomic mass is 9.93. The minimum atomic E-state index is -0.895. The second-order valence-electron chi connectivity index (χ2n) is 4.97. The van der Waals surface area contributed by atoms with E-state index in [0.29, 0.717) is 6.04 Å². The molecule has 0 aromatic heterocycles. The normalized spacial score (nSPS) is 22.9. The summed E-state index contributed by atoms with van der Waals surface area (Å²) < 4.78 is 0. The Kier molecular flexibility index (Phi) is 3.93. The Morgan fingerprint density at radius 1 is 1.50 bits per heavy atom. The average Bonchev–Trinajstić information content (AvgIpc) is 2.27. The SMILES string of the molecule is CCN1CCN(C(=O)C(C)(C)C#N)CC1C. The zero-order valence-corrected chi connectivity index (χ0v) is 10.7.